The van der Waals surface area contributed by atoms with Gasteiger partial charge >= 0.3 is 0 Å². The lowest BCUT2D eigenvalue weighted by molar-refractivity contribution is -0.125. The van der Waals surface area contributed by atoms with Gasteiger partial charge in [0, 0.05) is 65.5 Å². The molecule has 1 aromatic carbocycles. The number of hydrogen-bond donors (Lipinski definition) is 2. The Morgan fingerprint density at radius 2 is 1.95 bits per heavy atom. The molecule has 1 amide bonds. The molecule has 1 saturated carbocycles. The average Bonchev–Trinajstić information content (AvgIpc) is 3.28. The average molecular weight is 570 g/mol. The van der Waals surface area contributed by atoms with E-state index in [9.17, 15) is 18.4 Å². The van der Waals surface area contributed by atoms with Gasteiger partial charge in [0.15, 0.2) is 11.5 Å². The van der Waals surface area contributed by atoms with E-state index in [4.69, 9.17) is 23.8 Å². The standard InChI is InChI=1S/C27H32ClF2N3O4S/c1-14-9-21(38-4)19(25(35)32-14)12-31-24(34)18-10-20(28)23-22(15(18)2)36-26(3,37-23)16-5-7-33(8-6-16)13-17-11-27(17,29)30/h9-10,16-17H,5-8,11-13H2,1-4H3,(H,31,34)(H,32,35)/i12D2. The van der Waals surface area contributed by atoms with Crippen LogP contribution in [0.2, 0.25) is 5.02 Å². The van der Waals surface area contributed by atoms with Gasteiger partial charge in [-0.1, -0.05) is 11.6 Å². The molecule has 2 aliphatic heterocycles. The number of nitrogens with one attached hydrogen (secondary N) is 2. The molecule has 0 bridgehead atoms. The van der Waals surface area contributed by atoms with Crippen LogP contribution in [0.3, 0.4) is 0 Å². The minimum Gasteiger partial charge on any atom is -0.448 e. The molecule has 2 N–H and O–H groups in total. The Morgan fingerprint density at radius 3 is 2.58 bits per heavy atom. The molecule has 3 heterocycles. The van der Waals surface area contributed by atoms with E-state index in [-0.39, 0.29) is 28.5 Å². The highest BCUT2D eigenvalue weighted by Crippen LogP contribution is 2.52. The summed E-state index contributed by atoms with van der Waals surface area (Å²) in [6.07, 6.45) is 3.07. The number of carbonyl (C=O) groups excluding carboxylic acids is 1. The lowest BCUT2D eigenvalue weighted by atomic mass is 9.89. The first kappa shape index (κ1) is 24.7. The van der Waals surface area contributed by atoms with Crippen molar-refractivity contribution >= 4 is 29.3 Å². The molecule has 206 valence electrons. The number of rotatable bonds is 7. The maximum absolute atomic E-state index is 13.4. The predicted molar refractivity (Wildman–Crippen MR) is 143 cm³/mol. The highest BCUT2D eigenvalue weighted by Gasteiger charge is 2.57. The quantitative estimate of drug-likeness (QED) is 0.449. The summed E-state index contributed by atoms with van der Waals surface area (Å²) in [7, 11) is 0. The largest absolute Gasteiger partial charge is 0.448 e. The molecule has 11 heteroatoms. The van der Waals surface area contributed by atoms with E-state index in [1.54, 1.807) is 26.2 Å². The highest BCUT2D eigenvalue weighted by atomic mass is 35.5. The van der Waals surface area contributed by atoms with E-state index in [1.807, 2.05) is 6.92 Å². The fourth-order valence-electron chi connectivity index (χ4n) is 5.29. The summed E-state index contributed by atoms with van der Waals surface area (Å²) in [5.74, 6) is -4.33. The summed E-state index contributed by atoms with van der Waals surface area (Å²) < 4.78 is 56.3. The number of halogens is 3. The minimum atomic E-state index is -2.53. The first-order valence-electron chi connectivity index (χ1n) is 13.6. The van der Waals surface area contributed by atoms with E-state index < -0.39 is 35.6 Å². The molecule has 1 aliphatic carbocycles. The van der Waals surface area contributed by atoms with Gasteiger partial charge in [-0.15, -0.1) is 11.8 Å². The number of fused-ring (bicyclic) bond motifs is 1. The summed E-state index contributed by atoms with van der Waals surface area (Å²) >= 11 is 7.74. The number of benzene rings is 1. The van der Waals surface area contributed by atoms with Crippen LogP contribution in [0.15, 0.2) is 21.8 Å². The molecule has 5 rings (SSSR count). The van der Waals surface area contributed by atoms with Crippen molar-refractivity contribution in [1.29, 1.82) is 0 Å². The lowest BCUT2D eigenvalue weighted by Gasteiger charge is -2.38. The molecule has 2 atom stereocenters. The van der Waals surface area contributed by atoms with Crippen molar-refractivity contribution in [2.75, 3.05) is 25.9 Å². The van der Waals surface area contributed by atoms with Crippen molar-refractivity contribution in [3.63, 3.8) is 0 Å². The SMILES string of the molecule is [2H]C([2H])(NC(=O)c1cc(Cl)c2c(c1C)OC(C)(C1CCN(CC3CC3(F)F)CC1)O2)c1c(SC)cc(C)[nH]c1=O. The fourth-order valence-corrected chi connectivity index (χ4v) is 6.17. The third-order valence-electron chi connectivity index (χ3n) is 7.71. The number of H-pyrrole nitrogens is 1. The molecule has 1 saturated heterocycles. The number of thioether (sulfide) groups is 1. The number of hydrogen-bond acceptors (Lipinski definition) is 6. The van der Waals surface area contributed by atoms with Crippen molar-refractivity contribution in [3.8, 4) is 11.5 Å². The third kappa shape index (κ3) is 5.14. The Balaban J connectivity index is 1.32. The van der Waals surface area contributed by atoms with Crippen LogP contribution < -0.4 is 20.3 Å². The van der Waals surface area contributed by atoms with Crippen LogP contribution in [0.4, 0.5) is 8.78 Å². The first-order chi connectivity index (χ1) is 18.6. The Morgan fingerprint density at radius 1 is 1.29 bits per heavy atom. The van der Waals surface area contributed by atoms with Crippen molar-refractivity contribution in [2.45, 2.75) is 63.1 Å². The maximum Gasteiger partial charge on any atom is 0.254 e. The second-order valence-electron chi connectivity index (χ2n) is 10.5. The summed E-state index contributed by atoms with van der Waals surface area (Å²) in [5, 5.41) is 2.49. The van der Waals surface area contributed by atoms with Gasteiger partial charge in [0.25, 0.3) is 23.2 Å². The smallest absolute Gasteiger partial charge is 0.254 e. The van der Waals surface area contributed by atoms with E-state index in [2.05, 4.69) is 15.2 Å². The molecule has 7 nitrogen and oxygen atoms in total. The number of piperidine rings is 1. The predicted octanol–water partition coefficient (Wildman–Crippen LogP) is 5.15. The number of likely N-dealkylation sites (tertiary alicyclic amines) is 1. The Bertz CT molecular complexity index is 1420. The van der Waals surface area contributed by atoms with Crippen LogP contribution in [0, 0.1) is 25.7 Å². The van der Waals surface area contributed by atoms with Gasteiger partial charge in [0.05, 0.1) is 7.76 Å². The number of pyridine rings is 1. The van der Waals surface area contributed by atoms with Gasteiger partial charge in [-0.25, -0.2) is 8.78 Å². The minimum absolute atomic E-state index is 0.0315. The third-order valence-corrected chi connectivity index (χ3v) is 8.75. The fraction of sp³-hybridized carbons (Fsp3) is 0.556. The summed E-state index contributed by atoms with van der Waals surface area (Å²) in [6.45, 7) is 4.40. The molecule has 38 heavy (non-hydrogen) atoms. The second kappa shape index (κ2) is 10.0. The van der Waals surface area contributed by atoms with E-state index in [0.717, 1.165) is 0 Å². The Hall–Kier alpha value is -2.30. The molecule has 3 aliphatic rings. The highest BCUT2D eigenvalue weighted by molar-refractivity contribution is 7.98. The summed E-state index contributed by atoms with van der Waals surface area (Å²) in [5.41, 5.74) is 0.287. The van der Waals surface area contributed by atoms with Gasteiger partial charge in [-0.2, -0.15) is 0 Å². The van der Waals surface area contributed by atoms with Crippen LogP contribution in [0.5, 0.6) is 11.5 Å². The van der Waals surface area contributed by atoms with E-state index in [0.29, 0.717) is 60.1 Å². The number of carbonyl (C=O) groups is 1. The number of ether oxygens (including phenoxy) is 2. The Labute approximate surface area is 232 Å². The molecule has 0 radical (unpaired) electrons. The Kier molecular flexibility index (Phi) is 6.52. The van der Waals surface area contributed by atoms with Gasteiger partial charge in [-0.3, -0.25) is 9.59 Å². The monoisotopic (exact) mass is 569 g/mol. The number of aryl methyl sites for hydroxylation is 1. The lowest BCUT2D eigenvalue weighted by Crippen LogP contribution is -2.49. The molecule has 0 spiro atoms. The van der Waals surface area contributed by atoms with Gasteiger partial charge in [0.2, 0.25) is 0 Å². The zero-order chi connectivity index (χ0) is 29.2. The number of alkyl halides is 2. The number of aromatic nitrogens is 1. The van der Waals surface area contributed by atoms with Crippen LogP contribution in [-0.2, 0) is 6.50 Å². The molecule has 2 fully saturated rings. The number of aromatic amines is 1. The zero-order valence-corrected chi connectivity index (χ0v) is 23.2. The molecular formula is C27H32ClF2N3O4S. The van der Waals surface area contributed by atoms with Crippen LogP contribution in [-0.4, -0.2) is 53.4 Å². The van der Waals surface area contributed by atoms with E-state index in [1.165, 1.54) is 17.8 Å². The van der Waals surface area contributed by atoms with E-state index >= 15 is 0 Å². The number of nitrogens with zero attached hydrogens (tertiary/aromatic N) is 1. The van der Waals surface area contributed by atoms with Gasteiger partial charge in [-0.05, 0) is 58.2 Å². The van der Waals surface area contributed by atoms with Crippen LogP contribution >= 0.6 is 23.4 Å². The molecule has 2 unspecified atom stereocenters. The zero-order valence-electron chi connectivity index (χ0n) is 23.7. The van der Waals surface area contributed by atoms with Gasteiger partial charge in [0.1, 0.15) is 0 Å². The van der Waals surface area contributed by atoms with Crippen LogP contribution in [0.25, 0.3) is 0 Å². The van der Waals surface area contributed by atoms with Crippen molar-refractivity contribution < 1.29 is 25.8 Å². The molecule has 1 aromatic heterocycles. The molecule has 2 aromatic rings. The maximum atomic E-state index is 13.4. The van der Waals surface area contributed by atoms with Crippen molar-refractivity contribution in [2.24, 2.45) is 11.8 Å². The topological polar surface area (TPSA) is 83.7 Å². The first-order valence-corrected chi connectivity index (χ1v) is 14.2. The summed E-state index contributed by atoms with van der Waals surface area (Å²) in [6, 6.07) is 3.06. The van der Waals surface area contributed by atoms with Crippen molar-refractivity contribution in [1.82, 2.24) is 15.2 Å². The normalized spacial score (nSPS) is 25.6. The number of amides is 1. The molecular weight excluding hydrogens is 536 g/mol. The van der Waals surface area contributed by atoms with Crippen molar-refractivity contribution in [3.05, 3.63) is 49.9 Å². The second-order valence-corrected chi connectivity index (χ2v) is 11.7. The van der Waals surface area contributed by atoms with Crippen LogP contribution in [0.1, 0.15) is 56.1 Å². The van der Waals surface area contributed by atoms with Gasteiger partial charge < -0.3 is 24.7 Å². The summed E-state index contributed by atoms with van der Waals surface area (Å²) in [4.78, 5) is 31.0.